The summed E-state index contributed by atoms with van der Waals surface area (Å²) in [5, 5.41) is 0.567. The number of hydrogen-bond donors (Lipinski definition) is 0. The first-order valence-electron chi connectivity index (χ1n) is 13.6. The minimum Gasteiger partial charge on any atom is -0.478 e. The van der Waals surface area contributed by atoms with Crippen LogP contribution in [0.5, 0.6) is 5.88 Å². The maximum atomic E-state index is 12.8. The molecule has 0 fully saturated rings. The highest BCUT2D eigenvalue weighted by Crippen LogP contribution is 2.38. The van der Waals surface area contributed by atoms with Gasteiger partial charge in [0.25, 0.3) is 0 Å². The maximum absolute atomic E-state index is 12.8. The molecule has 1 aromatic carbocycles. The predicted octanol–water partition coefficient (Wildman–Crippen LogP) is 8.56. The molecule has 0 aliphatic rings. The molecule has 40 heavy (non-hydrogen) atoms. The van der Waals surface area contributed by atoms with Crippen molar-refractivity contribution in [2.24, 2.45) is 5.41 Å². The third kappa shape index (κ3) is 9.87. The van der Waals surface area contributed by atoms with Crippen LogP contribution >= 0.6 is 11.8 Å². The van der Waals surface area contributed by atoms with Crippen LogP contribution in [0, 0.1) is 5.41 Å². The van der Waals surface area contributed by atoms with Crippen molar-refractivity contribution < 1.29 is 31.9 Å². The molecule has 10 heteroatoms. The average Bonchev–Trinajstić information content (AvgIpc) is 2.90. The van der Waals surface area contributed by atoms with E-state index in [4.69, 9.17) is 13.9 Å². The van der Waals surface area contributed by atoms with Gasteiger partial charge in [0, 0.05) is 16.3 Å². The molecule has 3 aromatic rings. The van der Waals surface area contributed by atoms with Gasteiger partial charge in [0.2, 0.25) is 5.88 Å². The van der Waals surface area contributed by atoms with Crippen molar-refractivity contribution in [2.75, 3.05) is 13.2 Å². The fourth-order valence-corrected chi connectivity index (χ4v) is 4.52. The second-order valence-corrected chi connectivity index (χ2v) is 11.4. The lowest BCUT2D eigenvalue weighted by Crippen LogP contribution is -2.26. The highest BCUT2D eigenvalue weighted by molar-refractivity contribution is 8.00. The van der Waals surface area contributed by atoms with Crippen LogP contribution in [0.25, 0.3) is 22.1 Å². The van der Waals surface area contributed by atoms with Gasteiger partial charge in [-0.05, 0) is 68.6 Å². The van der Waals surface area contributed by atoms with Gasteiger partial charge in [-0.1, -0.05) is 51.2 Å². The molecule has 0 unspecified atom stereocenters. The van der Waals surface area contributed by atoms with Crippen LogP contribution in [0.3, 0.4) is 0 Å². The Morgan fingerprint density at radius 1 is 0.975 bits per heavy atom. The maximum Gasteiger partial charge on any atom is 0.446 e. The monoisotopic (exact) mass is 579 g/mol. The molecule has 0 saturated heterocycles. The number of nitrogens with zero attached hydrogens (tertiary/aromatic N) is 1. The molecule has 0 N–H and O–H groups in total. The first kappa shape index (κ1) is 31.5. The second kappa shape index (κ2) is 14.6. The van der Waals surface area contributed by atoms with Crippen molar-refractivity contribution >= 4 is 28.7 Å². The van der Waals surface area contributed by atoms with Gasteiger partial charge in [0.15, 0.2) is 5.58 Å². The number of rotatable bonds is 15. The Morgan fingerprint density at radius 3 is 2.33 bits per heavy atom. The normalized spacial score (nSPS) is 12.1. The molecule has 218 valence electrons. The number of hydrogen-bond acceptors (Lipinski definition) is 7. The van der Waals surface area contributed by atoms with Crippen molar-refractivity contribution in [1.82, 2.24) is 4.98 Å². The number of carbonyl (C=O) groups excluding carboxylic acids is 1. The van der Waals surface area contributed by atoms with Crippen LogP contribution in [0.4, 0.5) is 13.2 Å². The van der Waals surface area contributed by atoms with Gasteiger partial charge in [0.1, 0.15) is 0 Å². The fraction of sp³-hybridized carbons (Fsp3) is 0.500. The summed E-state index contributed by atoms with van der Waals surface area (Å²) in [6, 6.07) is 8.94. The molecular formula is C30H36F3NO5S. The van der Waals surface area contributed by atoms with E-state index in [2.05, 4.69) is 4.98 Å². The number of carbonyl (C=O) groups is 1. The number of aromatic nitrogens is 1. The first-order valence-corrected chi connectivity index (χ1v) is 14.4. The van der Waals surface area contributed by atoms with E-state index in [1.54, 1.807) is 18.2 Å². The molecule has 0 radical (unpaired) electrons. The van der Waals surface area contributed by atoms with E-state index >= 15 is 0 Å². The quantitative estimate of drug-likeness (QED) is 0.101. The van der Waals surface area contributed by atoms with Gasteiger partial charge < -0.3 is 13.9 Å². The van der Waals surface area contributed by atoms with E-state index in [9.17, 15) is 22.8 Å². The molecule has 3 rings (SSSR count). The molecule has 6 nitrogen and oxygen atoms in total. The van der Waals surface area contributed by atoms with Crippen LogP contribution < -0.4 is 10.4 Å². The smallest absolute Gasteiger partial charge is 0.446 e. The number of ether oxygens (including phenoxy) is 2. The van der Waals surface area contributed by atoms with Crippen molar-refractivity contribution in [3.8, 4) is 17.0 Å². The molecule has 0 bridgehead atoms. The SMILES string of the molecule is CCC(C)(C)C(=O)OCCCCCCCCCOc1cc2cc(-c3cccc(SC(F)(F)F)c3)c(=O)oc2cn1. The molecular weight excluding hydrogens is 543 g/mol. The highest BCUT2D eigenvalue weighted by Gasteiger charge is 2.29. The van der Waals surface area contributed by atoms with Gasteiger partial charge in [-0.2, -0.15) is 13.2 Å². The number of alkyl halides is 3. The van der Waals surface area contributed by atoms with Gasteiger partial charge in [-0.3, -0.25) is 4.79 Å². The number of pyridine rings is 1. The molecule has 0 aliphatic carbocycles. The van der Waals surface area contributed by atoms with E-state index in [1.807, 2.05) is 20.8 Å². The summed E-state index contributed by atoms with van der Waals surface area (Å²) in [5.41, 5.74) is -4.72. The largest absolute Gasteiger partial charge is 0.478 e. The minimum atomic E-state index is -4.42. The Balaban J connectivity index is 1.42. The molecule has 0 aliphatic heterocycles. The molecule has 0 amide bonds. The number of fused-ring (bicyclic) bond motifs is 1. The van der Waals surface area contributed by atoms with E-state index < -0.39 is 16.5 Å². The van der Waals surface area contributed by atoms with Crippen molar-refractivity contribution in [3.63, 3.8) is 0 Å². The number of halogens is 3. The second-order valence-electron chi connectivity index (χ2n) is 10.3. The Morgan fingerprint density at radius 2 is 1.65 bits per heavy atom. The minimum absolute atomic E-state index is 0.0136. The molecule has 0 saturated carbocycles. The lowest BCUT2D eigenvalue weighted by molar-refractivity contribution is -0.154. The summed E-state index contributed by atoms with van der Waals surface area (Å²) in [5.74, 6) is 0.254. The van der Waals surface area contributed by atoms with Crippen molar-refractivity contribution in [3.05, 3.63) is 53.0 Å². The molecule has 0 atom stereocenters. The lowest BCUT2D eigenvalue weighted by atomic mass is 9.91. The summed E-state index contributed by atoms with van der Waals surface area (Å²) in [7, 11) is 0. The summed E-state index contributed by atoms with van der Waals surface area (Å²) < 4.78 is 54.8. The number of esters is 1. The van der Waals surface area contributed by atoms with E-state index in [1.165, 1.54) is 24.4 Å². The fourth-order valence-electron chi connectivity index (χ4n) is 3.92. The highest BCUT2D eigenvalue weighted by atomic mass is 32.2. The Hall–Kier alpha value is -3.01. The predicted molar refractivity (Wildman–Crippen MR) is 150 cm³/mol. The van der Waals surface area contributed by atoms with E-state index in [-0.39, 0.29) is 33.8 Å². The van der Waals surface area contributed by atoms with E-state index in [0.29, 0.717) is 30.0 Å². The number of thioether (sulfide) groups is 1. The first-order chi connectivity index (χ1) is 19.0. The van der Waals surface area contributed by atoms with Crippen LogP contribution in [-0.2, 0) is 9.53 Å². The average molecular weight is 580 g/mol. The zero-order chi connectivity index (χ0) is 29.2. The van der Waals surface area contributed by atoms with Crippen LogP contribution in [0.15, 0.2) is 56.7 Å². The summed E-state index contributed by atoms with van der Waals surface area (Å²) in [4.78, 5) is 28.6. The van der Waals surface area contributed by atoms with Gasteiger partial charge in [0.05, 0.1) is 30.4 Å². The third-order valence-electron chi connectivity index (χ3n) is 6.68. The molecule has 2 aromatic heterocycles. The van der Waals surface area contributed by atoms with Gasteiger partial charge in [-0.15, -0.1) is 0 Å². The third-order valence-corrected chi connectivity index (χ3v) is 7.40. The van der Waals surface area contributed by atoms with Crippen LogP contribution in [0.2, 0.25) is 0 Å². The van der Waals surface area contributed by atoms with Crippen molar-refractivity contribution in [2.45, 2.75) is 82.5 Å². The van der Waals surface area contributed by atoms with Crippen LogP contribution in [0.1, 0.15) is 72.1 Å². The van der Waals surface area contributed by atoms with Gasteiger partial charge in [-0.25, -0.2) is 9.78 Å². The Bertz CT molecular complexity index is 1320. The van der Waals surface area contributed by atoms with Crippen molar-refractivity contribution in [1.29, 1.82) is 0 Å². The standard InChI is InChI=1S/C30H36F3NO5S/c1-4-29(2,3)28(36)38-16-11-9-7-5-6-8-10-15-37-26-19-22-18-24(27(35)39-25(22)20-34-26)21-13-12-14-23(17-21)40-30(31,32)33/h12-14,17-20H,4-11,15-16H2,1-3H3. The van der Waals surface area contributed by atoms with Gasteiger partial charge >= 0.3 is 17.1 Å². The molecule has 2 heterocycles. The summed E-state index contributed by atoms with van der Waals surface area (Å²) >= 11 is -0.235. The summed E-state index contributed by atoms with van der Waals surface area (Å²) in [6.07, 6.45) is 9.23. The van der Waals surface area contributed by atoms with Crippen LogP contribution in [-0.4, -0.2) is 29.7 Å². The number of unbranched alkanes of at least 4 members (excludes halogenated alkanes) is 6. The summed E-state index contributed by atoms with van der Waals surface area (Å²) in [6.45, 7) is 6.75. The lowest BCUT2D eigenvalue weighted by Gasteiger charge is -2.20. The van der Waals surface area contributed by atoms with E-state index in [0.717, 1.165) is 51.4 Å². The Kier molecular flexibility index (Phi) is 11.5. The molecule has 0 spiro atoms. The zero-order valence-electron chi connectivity index (χ0n) is 23.1. The zero-order valence-corrected chi connectivity index (χ0v) is 24.0. The Labute approximate surface area is 236 Å². The topological polar surface area (TPSA) is 78.6 Å². The number of benzene rings is 1.